The predicted octanol–water partition coefficient (Wildman–Crippen LogP) is 4.02. The molecule has 0 atom stereocenters. The molecule has 24 heavy (non-hydrogen) atoms. The van der Waals surface area contributed by atoms with Crippen molar-refractivity contribution in [3.8, 4) is 0 Å². The Morgan fingerprint density at radius 1 is 1.08 bits per heavy atom. The summed E-state index contributed by atoms with van der Waals surface area (Å²) in [5.74, 6) is -0.210. The van der Waals surface area contributed by atoms with Crippen molar-refractivity contribution in [2.45, 2.75) is 18.7 Å². The molecule has 0 aliphatic heterocycles. The van der Waals surface area contributed by atoms with Crippen LogP contribution < -0.4 is 10.3 Å². The van der Waals surface area contributed by atoms with Crippen molar-refractivity contribution in [3.63, 3.8) is 0 Å². The number of anilines is 1. The Bertz CT molecular complexity index is 677. The molecule has 126 valence electrons. The first-order valence-electron chi connectivity index (χ1n) is 8.00. The van der Waals surface area contributed by atoms with Gasteiger partial charge in [-0.05, 0) is 62.1 Å². The lowest BCUT2D eigenvalue weighted by Crippen LogP contribution is -2.22. The molecule has 0 fully saturated rings. The summed E-state index contributed by atoms with van der Waals surface area (Å²) in [5.41, 5.74) is 5.23. The van der Waals surface area contributed by atoms with Gasteiger partial charge in [-0.2, -0.15) is 5.10 Å². The number of carbonyl (C=O) groups excluding carboxylic acids is 1. The lowest BCUT2D eigenvalue weighted by Gasteiger charge is -2.20. The van der Waals surface area contributed by atoms with Crippen molar-refractivity contribution in [3.05, 3.63) is 59.7 Å². The average molecular weight is 341 g/mol. The summed E-state index contributed by atoms with van der Waals surface area (Å²) >= 11 is 1.69. The second kappa shape index (κ2) is 9.13. The van der Waals surface area contributed by atoms with Crippen molar-refractivity contribution in [1.82, 2.24) is 5.43 Å². The number of amides is 1. The van der Waals surface area contributed by atoms with Crippen LogP contribution in [0.1, 0.15) is 29.8 Å². The molecular weight excluding hydrogens is 318 g/mol. The van der Waals surface area contributed by atoms with E-state index in [0.717, 1.165) is 24.3 Å². The molecule has 4 nitrogen and oxygen atoms in total. The molecule has 2 rings (SSSR count). The number of hydrazone groups is 1. The Morgan fingerprint density at radius 2 is 1.71 bits per heavy atom. The van der Waals surface area contributed by atoms with Crippen LogP contribution in [0.4, 0.5) is 5.69 Å². The lowest BCUT2D eigenvalue weighted by atomic mass is 10.2. The van der Waals surface area contributed by atoms with Crippen LogP contribution in [0.15, 0.2) is 58.5 Å². The first-order valence-corrected chi connectivity index (χ1v) is 9.22. The molecule has 0 aromatic heterocycles. The molecule has 0 aliphatic carbocycles. The van der Waals surface area contributed by atoms with Gasteiger partial charge in [-0.15, -0.1) is 11.8 Å². The summed E-state index contributed by atoms with van der Waals surface area (Å²) in [5, 5.41) is 4.02. The van der Waals surface area contributed by atoms with Crippen LogP contribution in [-0.2, 0) is 0 Å². The number of hydrogen-bond donors (Lipinski definition) is 1. The topological polar surface area (TPSA) is 44.7 Å². The number of thioether (sulfide) groups is 1. The van der Waals surface area contributed by atoms with E-state index in [9.17, 15) is 4.79 Å². The minimum absolute atomic E-state index is 0.210. The molecule has 2 aromatic carbocycles. The maximum absolute atomic E-state index is 12.1. The summed E-state index contributed by atoms with van der Waals surface area (Å²) in [6.07, 6.45) is 3.68. The summed E-state index contributed by atoms with van der Waals surface area (Å²) in [4.78, 5) is 15.5. The number of benzene rings is 2. The van der Waals surface area contributed by atoms with E-state index in [-0.39, 0.29) is 5.91 Å². The SMILES string of the molecule is CCN(CC)c1ccc(C(=O)N/N=C\c2ccc(SC)cc2)cc1. The van der Waals surface area contributed by atoms with Gasteiger partial charge < -0.3 is 4.90 Å². The minimum Gasteiger partial charge on any atom is -0.372 e. The molecule has 0 spiro atoms. The van der Waals surface area contributed by atoms with Crippen LogP contribution in [0.5, 0.6) is 0 Å². The highest BCUT2D eigenvalue weighted by Gasteiger charge is 2.06. The van der Waals surface area contributed by atoms with E-state index >= 15 is 0 Å². The molecule has 0 saturated carbocycles. The van der Waals surface area contributed by atoms with E-state index in [1.807, 2.05) is 54.8 Å². The van der Waals surface area contributed by atoms with Gasteiger partial charge in [0.2, 0.25) is 0 Å². The van der Waals surface area contributed by atoms with E-state index in [1.54, 1.807) is 18.0 Å². The van der Waals surface area contributed by atoms with Crippen LogP contribution in [0.2, 0.25) is 0 Å². The highest BCUT2D eigenvalue weighted by Crippen LogP contribution is 2.15. The fourth-order valence-electron chi connectivity index (χ4n) is 2.33. The van der Waals surface area contributed by atoms with Crippen molar-refractivity contribution in [2.75, 3.05) is 24.2 Å². The predicted molar refractivity (Wildman–Crippen MR) is 103 cm³/mol. The molecule has 1 amide bonds. The van der Waals surface area contributed by atoms with Gasteiger partial charge in [-0.1, -0.05) is 12.1 Å². The highest BCUT2D eigenvalue weighted by atomic mass is 32.2. The number of hydrogen-bond acceptors (Lipinski definition) is 4. The van der Waals surface area contributed by atoms with Gasteiger partial charge in [-0.3, -0.25) is 4.79 Å². The third-order valence-electron chi connectivity index (χ3n) is 3.75. The largest absolute Gasteiger partial charge is 0.372 e. The van der Waals surface area contributed by atoms with Crippen LogP contribution in [0.3, 0.4) is 0 Å². The van der Waals surface area contributed by atoms with Crippen LogP contribution >= 0.6 is 11.8 Å². The van der Waals surface area contributed by atoms with Crippen LogP contribution in [0.25, 0.3) is 0 Å². The van der Waals surface area contributed by atoms with E-state index in [1.165, 1.54) is 4.90 Å². The van der Waals surface area contributed by atoms with Gasteiger partial charge in [0.05, 0.1) is 6.21 Å². The molecule has 0 heterocycles. The summed E-state index contributed by atoms with van der Waals surface area (Å²) in [6.45, 7) is 6.12. The standard InChI is InChI=1S/C19H23N3OS/c1-4-22(5-2)17-10-8-16(9-11-17)19(23)21-20-14-15-6-12-18(24-3)13-7-15/h6-14H,4-5H2,1-3H3,(H,21,23)/b20-14-. The quantitative estimate of drug-likeness (QED) is 0.470. The first kappa shape index (κ1) is 18.1. The van der Waals surface area contributed by atoms with Crippen molar-refractivity contribution < 1.29 is 4.79 Å². The maximum atomic E-state index is 12.1. The maximum Gasteiger partial charge on any atom is 0.271 e. The Hall–Kier alpha value is -2.27. The second-order valence-electron chi connectivity index (χ2n) is 5.19. The zero-order valence-corrected chi connectivity index (χ0v) is 15.1. The smallest absolute Gasteiger partial charge is 0.271 e. The van der Waals surface area contributed by atoms with E-state index in [2.05, 4.69) is 29.3 Å². The molecule has 5 heteroatoms. The van der Waals surface area contributed by atoms with E-state index in [0.29, 0.717) is 5.56 Å². The second-order valence-corrected chi connectivity index (χ2v) is 6.07. The van der Waals surface area contributed by atoms with E-state index < -0.39 is 0 Å². The molecule has 0 aliphatic rings. The number of rotatable bonds is 7. The van der Waals surface area contributed by atoms with Crippen molar-refractivity contribution >= 4 is 29.6 Å². The fraction of sp³-hybridized carbons (Fsp3) is 0.263. The lowest BCUT2D eigenvalue weighted by molar-refractivity contribution is 0.0955. The normalized spacial score (nSPS) is 10.8. The fourth-order valence-corrected chi connectivity index (χ4v) is 2.74. The zero-order valence-electron chi connectivity index (χ0n) is 14.3. The van der Waals surface area contributed by atoms with Gasteiger partial charge in [0, 0.05) is 29.2 Å². The minimum atomic E-state index is -0.210. The Balaban J connectivity index is 1.95. The van der Waals surface area contributed by atoms with E-state index in [4.69, 9.17) is 0 Å². The van der Waals surface area contributed by atoms with Gasteiger partial charge in [0.15, 0.2) is 0 Å². The van der Waals surface area contributed by atoms with Crippen LogP contribution in [-0.4, -0.2) is 31.5 Å². The van der Waals surface area contributed by atoms with Gasteiger partial charge in [-0.25, -0.2) is 5.43 Å². The number of carbonyl (C=O) groups is 1. The summed E-state index contributed by atoms with van der Waals surface area (Å²) in [6, 6.07) is 15.6. The van der Waals surface area contributed by atoms with Gasteiger partial charge >= 0.3 is 0 Å². The molecule has 0 unspecified atom stereocenters. The molecule has 0 bridgehead atoms. The number of nitrogens with zero attached hydrogens (tertiary/aromatic N) is 2. The Kier molecular flexibility index (Phi) is 6.88. The van der Waals surface area contributed by atoms with Crippen molar-refractivity contribution in [1.29, 1.82) is 0 Å². The molecule has 1 N–H and O–H groups in total. The zero-order chi connectivity index (χ0) is 17.4. The highest BCUT2D eigenvalue weighted by molar-refractivity contribution is 7.98. The Morgan fingerprint density at radius 3 is 2.25 bits per heavy atom. The Labute approximate surface area is 148 Å². The molecule has 2 aromatic rings. The van der Waals surface area contributed by atoms with Crippen molar-refractivity contribution in [2.24, 2.45) is 5.10 Å². The summed E-state index contributed by atoms with van der Waals surface area (Å²) in [7, 11) is 0. The van der Waals surface area contributed by atoms with Gasteiger partial charge in [0.1, 0.15) is 0 Å². The molecule has 0 saturated heterocycles. The average Bonchev–Trinajstić information content (AvgIpc) is 2.64. The van der Waals surface area contributed by atoms with Crippen LogP contribution in [0, 0.1) is 0 Å². The first-order chi connectivity index (χ1) is 11.7. The monoisotopic (exact) mass is 341 g/mol. The number of nitrogens with one attached hydrogen (secondary N) is 1. The summed E-state index contributed by atoms with van der Waals surface area (Å²) < 4.78 is 0. The molecule has 0 radical (unpaired) electrons. The third-order valence-corrected chi connectivity index (χ3v) is 4.50. The van der Waals surface area contributed by atoms with Gasteiger partial charge in [0.25, 0.3) is 5.91 Å². The molecular formula is C19H23N3OS. The third kappa shape index (κ3) is 4.86.